The average Bonchev–Trinajstić information content (AvgIpc) is 3.15. The predicted molar refractivity (Wildman–Crippen MR) is 207 cm³/mol. The Balaban J connectivity index is 1.53. The molecule has 0 aliphatic carbocycles. The van der Waals surface area contributed by atoms with Crippen molar-refractivity contribution in [2.24, 2.45) is 30.7 Å². The number of carboxylic acids is 1. The van der Waals surface area contributed by atoms with Gasteiger partial charge in [-0.3, -0.25) is 18.2 Å². The van der Waals surface area contributed by atoms with E-state index in [4.69, 9.17) is 5.73 Å². The fourth-order valence-corrected chi connectivity index (χ4v) is 8.23. The molecule has 0 saturated carbocycles. The Labute approximate surface area is 336 Å². The first kappa shape index (κ1) is 42.7. The molecule has 0 fully saturated rings. The number of aromatic hydroxyl groups is 2. The third-order valence-electron chi connectivity index (χ3n) is 8.25. The van der Waals surface area contributed by atoms with Crippen LogP contribution in [0.1, 0.15) is 10.4 Å². The number of aromatic carboxylic acids is 1. The van der Waals surface area contributed by atoms with Gasteiger partial charge in [0.2, 0.25) is 0 Å². The molecule has 0 aromatic heterocycles. The number of fused-ring (bicyclic) bond motifs is 2. The van der Waals surface area contributed by atoms with Gasteiger partial charge in [0.25, 0.3) is 40.5 Å². The number of azo groups is 3. The van der Waals surface area contributed by atoms with Gasteiger partial charge < -0.3 is 21.1 Å². The lowest BCUT2D eigenvalue weighted by molar-refractivity contribution is 0.0697. The lowest BCUT2D eigenvalue weighted by Crippen LogP contribution is -2.04. The molecule has 0 aliphatic rings. The molecule has 0 bridgehead atoms. The minimum atomic E-state index is -5.43. The number of benzene rings is 6. The molecule has 6 rings (SSSR count). The van der Waals surface area contributed by atoms with Gasteiger partial charge in [0.1, 0.15) is 48.0 Å². The van der Waals surface area contributed by atoms with E-state index in [2.05, 4.69) is 30.7 Å². The standard InChI is InChI=1S/C33H23N7O16S4/c34-28-22(38-35-16-10-9-15-11-25(59(51,52)53)29(31(41)18(15)12-16)39-36-20-6-2-1-5-17(20)33(43)44)14-24(58(48,49)50)19-13-26(60(54,55)56)30(32(42)27(19)28)40-37-21-7-3-4-8-23(21)57(45,46)47/h1-14,41-42H,34H2,(H,43,44)(H,45,46,47)(H,48,49,50)(H,51,52,53)(H,54,55,56). The Kier molecular flexibility index (Phi) is 11.0. The molecular formula is C33H23N7O16S4. The van der Waals surface area contributed by atoms with Crippen molar-refractivity contribution in [1.29, 1.82) is 0 Å². The molecule has 60 heavy (non-hydrogen) atoms. The molecule has 0 aliphatic heterocycles. The summed E-state index contributed by atoms with van der Waals surface area (Å²) in [7, 11) is -20.8. The molecule has 9 N–H and O–H groups in total. The lowest BCUT2D eigenvalue weighted by Gasteiger charge is -2.14. The number of nitrogens with zero attached hydrogens (tertiary/aromatic N) is 6. The number of carboxylic acid groups (broad SMARTS) is 1. The van der Waals surface area contributed by atoms with E-state index >= 15 is 0 Å². The Bertz CT molecular complexity index is 3390. The summed E-state index contributed by atoms with van der Waals surface area (Å²) in [5.41, 5.74) is 1.70. The minimum absolute atomic E-state index is 0.0247. The Hall–Kier alpha value is -6.85. The maximum atomic E-state index is 12.6. The molecule has 6 aromatic carbocycles. The molecule has 0 spiro atoms. The van der Waals surface area contributed by atoms with Gasteiger partial charge in [-0.1, -0.05) is 30.3 Å². The number of hydrogen-bond acceptors (Lipinski definition) is 18. The molecule has 0 saturated heterocycles. The molecule has 0 unspecified atom stereocenters. The van der Waals surface area contributed by atoms with Crippen LogP contribution in [0.25, 0.3) is 21.5 Å². The van der Waals surface area contributed by atoms with Crippen molar-refractivity contribution in [2.75, 3.05) is 5.73 Å². The number of phenols is 2. The van der Waals surface area contributed by atoms with Gasteiger partial charge in [-0.15, -0.1) is 25.6 Å². The number of carbonyl (C=O) groups is 1. The first-order chi connectivity index (χ1) is 27.9. The molecule has 0 radical (unpaired) electrons. The molecule has 310 valence electrons. The van der Waals surface area contributed by atoms with Gasteiger partial charge in [0, 0.05) is 10.8 Å². The van der Waals surface area contributed by atoms with Gasteiger partial charge in [0.15, 0.2) is 11.5 Å². The van der Waals surface area contributed by atoms with Crippen molar-refractivity contribution in [2.45, 2.75) is 19.6 Å². The Morgan fingerprint density at radius 3 is 1.62 bits per heavy atom. The van der Waals surface area contributed by atoms with Crippen LogP contribution in [0.2, 0.25) is 0 Å². The molecular weight excluding hydrogens is 879 g/mol. The van der Waals surface area contributed by atoms with Gasteiger partial charge in [-0.05, 0) is 60.0 Å². The van der Waals surface area contributed by atoms with Crippen LogP contribution in [0.5, 0.6) is 11.5 Å². The van der Waals surface area contributed by atoms with Crippen molar-refractivity contribution in [3.63, 3.8) is 0 Å². The number of nitrogens with two attached hydrogens (primary N) is 1. The first-order valence-electron chi connectivity index (χ1n) is 15.9. The van der Waals surface area contributed by atoms with E-state index in [0.29, 0.717) is 12.1 Å². The highest BCUT2D eigenvalue weighted by Gasteiger charge is 2.29. The maximum Gasteiger partial charge on any atom is 0.337 e. The minimum Gasteiger partial charge on any atom is -0.505 e. The number of anilines is 1. The molecule has 23 nitrogen and oxygen atoms in total. The average molecular weight is 902 g/mol. The second-order valence-corrected chi connectivity index (χ2v) is 17.6. The summed E-state index contributed by atoms with van der Waals surface area (Å²) in [6.07, 6.45) is 0. The highest BCUT2D eigenvalue weighted by molar-refractivity contribution is 7.87. The van der Waals surface area contributed by atoms with Crippen LogP contribution in [0.15, 0.2) is 135 Å². The summed E-state index contributed by atoms with van der Waals surface area (Å²) in [5.74, 6) is -3.59. The molecule has 0 heterocycles. The van der Waals surface area contributed by atoms with E-state index in [9.17, 15) is 72.0 Å². The van der Waals surface area contributed by atoms with Crippen LogP contribution < -0.4 is 5.73 Å². The van der Waals surface area contributed by atoms with Gasteiger partial charge in [0.05, 0.1) is 22.3 Å². The van der Waals surface area contributed by atoms with E-state index in [1.807, 2.05) is 0 Å². The van der Waals surface area contributed by atoms with Gasteiger partial charge in [-0.2, -0.15) is 38.8 Å². The van der Waals surface area contributed by atoms with Crippen LogP contribution in [0.3, 0.4) is 0 Å². The van der Waals surface area contributed by atoms with Gasteiger partial charge >= 0.3 is 5.97 Å². The van der Waals surface area contributed by atoms with Crippen molar-refractivity contribution in [3.05, 3.63) is 90.5 Å². The van der Waals surface area contributed by atoms with E-state index < -0.39 is 117 Å². The third kappa shape index (κ3) is 8.48. The van der Waals surface area contributed by atoms with Crippen LogP contribution in [-0.4, -0.2) is 73.2 Å². The summed E-state index contributed by atoms with van der Waals surface area (Å²) in [4.78, 5) is 7.47. The van der Waals surface area contributed by atoms with Crippen LogP contribution >= 0.6 is 0 Å². The zero-order valence-electron chi connectivity index (χ0n) is 29.3. The number of nitrogen functional groups attached to an aromatic ring is 1. The molecule has 6 aromatic rings. The first-order valence-corrected chi connectivity index (χ1v) is 21.6. The maximum absolute atomic E-state index is 12.6. The highest BCUT2D eigenvalue weighted by atomic mass is 32.2. The second kappa shape index (κ2) is 15.4. The normalized spacial score (nSPS) is 13.0. The monoisotopic (exact) mass is 901 g/mol. The van der Waals surface area contributed by atoms with E-state index in [0.717, 1.165) is 24.3 Å². The number of rotatable bonds is 11. The summed E-state index contributed by atoms with van der Waals surface area (Å²) in [6.45, 7) is 0. The van der Waals surface area contributed by atoms with Gasteiger partial charge in [-0.25, -0.2) is 4.79 Å². The molecule has 27 heteroatoms. The van der Waals surface area contributed by atoms with Crippen LogP contribution in [-0.2, 0) is 40.5 Å². The fraction of sp³-hybridized carbons (Fsp3) is 0. The van der Waals surface area contributed by atoms with Crippen LogP contribution in [0.4, 0.5) is 39.8 Å². The third-order valence-corrected chi connectivity index (χ3v) is 11.8. The highest BCUT2D eigenvalue weighted by Crippen LogP contribution is 2.49. The number of phenolic OH excluding ortho intramolecular Hbond substituents is 2. The predicted octanol–water partition coefficient (Wildman–Crippen LogP) is 6.92. The SMILES string of the molecule is Nc1c(N=Nc2ccc3cc(S(=O)(=O)O)c(N=Nc4ccccc4C(=O)O)c(O)c3c2)cc(S(=O)(=O)O)c2cc(S(=O)(=O)O)c(N=Nc3ccccc3S(=O)(=O)O)c(O)c12. The Morgan fingerprint density at radius 1 is 0.500 bits per heavy atom. The van der Waals surface area contributed by atoms with Crippen molar-refractivity contribution in [1.82, 2.24) is 0 Å². The summed E-state index contributed by atoms with van der Waals surface area (Å²) >= 11 is 0. The second-order valence-electron chi connectivity index (χ2n) is 12.1. The van der Waals surface area contributed by atoms with Crippen LogP contribution in [0, 0.1) is 0 Å². The molecule has 0 atom stereocenters. The topological polar surface area (TPSA) is 395 Å². The molecule has 0 amide bonds. The summed E-state index contributed by atoms with van der Waals surface area (Å²) in [5, 5.41) is 52.6. The fourth-order valence-electron chi connectivity index (χ4n) is 5.60. The number of hydrogen-bond donors (Lipinski definition) is 8. The zero-order chi connectivity index (χ0) is 44.1. The van der Waals surface area contributed by atoms with Crippen molar-refractivity contribution in [3.8, 4) is 11.5 Å². The Morgan fingerprint density at radius 2 is 1.02 bits per heavy atom. The van der Waals surface area contributed by atoms with E-state index in [1.165, 1.54) is 48.5 Å². The van der Waals surface area contributed by atoms with Crippen molar-refractivity contribution < 1.29 is 72.0 Å². The largest absolute Gasteiger partial charge is 0.505 e. The lowest BCUT2D eigenvalue weighted by atomic mass is 10.0. The van der Waals surface area contributed by atoms with E-state index in [1.54, 1.807) is 0 Å². The smallest absolute Gasteiger partial charge is 0.337 e. The quantitative estimate of drug-likeness (QED) is 0.0371. The zero-order valence-corrected chi connectivity index (χ0v) is 32.5. The van der Waals surface area contributed by atoms with E-state index in [-0.39, 0.29) is 27.7 Å². The summed E-state index contributed by atoms with van der Waals surface area (Å²) < 4.78 is 138. The van der Waals surface area contributed by atoms with Crippen molar-refractivity contribution >= 4 is 108 Å². The summed E-state index contributed by atoms with van der Waals surface area (Å²) in [6, 6.07) is 15.0.